The Hall–Kier alpha value is -1.59. The molecule has 0 bridgehead atoms. The van der Waals surface area contributed by atoms with Crippen molar-refractivity contribution >= 4 is 0 Å². The molecule has 0 N–H and O–H groups in total. The molecule has 0 fully saturated rings. The summed E-state index contributed by atoms with van der Waals surface area (Å²) in [5, 5.41) is 0. The smallest absolute Gasteiger partial charge is 0.461 e. The van der Waals surface area contributed by atoms with E-state index in [0.717, 1.165) is 11.6 Å². The van der Waals surface area contributed by atoms with E-state index < -0.39 is 17.9 Å². The average molecular weight is 294 g/mol. The van der Waals surface area contributed by atoms with Gasteiger partial charge in [-0.3, -0.25) is 0 Å². The highest BCUT2D eigenvalue weighted by Crippen LogP contribution is 2.41. The second-order valence-electron chi connectivity index (χ2n) is 4.10. The molecule has 0 saturated carbocycles. The van der Waals surface area contributed by atoms with Gasteiger partial charge in [-0.1, -0.05) is 30.3 Å². The lowest BCUT2D eigenvalue weighted by molar-refractivity contribution is -0.276. The highest BCUT2D eigenvalue weighted by Gasteiger charge is 2.61. The molecule has 0 aliphatic heterocycles. The van der Waals surface area contributed by atoms with Crippen LogP contribution in [-0.2, 0) is 11.2 Å². The Morgan fingerprint density at radius 2 is 1.70 bits per heavy atom. The van der Waals surface area contributed by atoms with Gasteiger partial charge in [0, 0.05) is 0 Å². The van der Waals surface area contributed by atoms with Gasteiger partial charge in [-0.25, -0.2) is 0 Å². The Bertz CT molecular complexity index is 437. The molecule has 0 heterocycles. The van der Waals surface area contributed by atoms with Crippen LogP contribution < -0.4 is 0 Å². The van der Waals surface area contributed by atoms with Crippen molar-refractivity contribution < 1.29 is 26.7 Å². The number of hydrogen-bond acceptors (Lipinski definition) is 1. The van der Waals surface area contributed by atoms with Crippen LogP contribution in [0.1, 0.15) is 18.9 Å². The van der Waals surface area contributed by atoms with Crippen molar-refractivity contribution in [1.29, 1.82) is 0 Å². The normalized spacial score (nSPS) is 13.4. The molecular weight excluding hydrogens is 279 g/mol. The van der Waals surface area contributed by atoms with Crippen molar-refractivity contribution in [2.75, 3.05) is 6.61 Å². The van der Waals surface area contributed by atoms with Crippen LogP contribution in [0.25, 0.3) is 0 Å². The van der Waals surface area contributed by atoms with Crippen LogP contribution in [0, 0.1) is 0 Å². The predicted molar refractivity (Wildman–Crippen MR) is 65.5 cm³/mol. The van der Waals surface area contributed by atoms with Crippen LogP contribution >= 0.6 is 0 Å². The third kappa shape index (κ3) is 4.21. The molecule has 1 aromatic rings. The zero-order valence-corrected chi connectivity index (χ0v) is 10.9. The van der Waals surface area contributed by atoms with Gasteiger partial charge in [0.1, 0.15) is 0 Å². The van der Waals surface area contributed by atoms with Gasteiger partial charge in [0.25, 0.3) is 0 Å². The standard InChI is InChI=1S/C14H15F5O/c1-2-20-12(13(15,16)14(17,18)19)10-6-9-11-7-4-3-5-8-11/h3-5,7-8,10H,2,6,9H2,1H3/b12-10-. The molecule has 0 atom stereocenters. The van der Waals surface area contributed by atoms with Crippen molar-refractivity contribution in [3.63, 3.8) is 0 Å². The van der Waals surface area contributed by atoms with Crippen molar-refractivity contribution in [3.05, 3.63) is 47.7 Å². The SMILES string of the molecule is CCO/C(=C\CCc1ccccc1)C(F)(F)C(F)(F)F. The molecule has 1 rings (SSSR count). The fraction of sp³-hybridized carbons (Fsp3) is 0.429. The van der Waals surface area contributed by atoms with Crippen molar-refractivity contribution in [2.45, 2.75) is 31.9 Å². The quantitative estimate of drug-likeness (QED) is 0.544. The summed E-state index contributed by atoms with van der Waals surface area (Å²) in [7, 11) is 0. The van der Waals surface area contributed by atoms with Crippen LogP contribution in [0.15, 0.2) is 42.2 Å². The summed E-state index contributed by atoms with van der Waals surface area (Å²) in [6.07, 6.45) is -4.43. The summed E-state index contributed by atoms with van der Waals surface area (Å²) in [5.41, 5.74) is 0.856. The Balaban J connectivity index is 2.78. The van der Waals surface area contributed by atoms with Crippen LogP contribution in [0.5, 0.6) is 0 Å². The number of allylic oxidation sites excluding steroid dienone is 2. The van der Waals surface area contributed by atoms with Gasteiger partial charge in [0.05, 0.1) is 6.61 Å². The summed E-state index contributed by atoms with van der Waals surface area (Å²) >= 11 is 0. The van der Waals surface area contributed by atoms with E-state index in [1.54, 1.807) is 30.3 Å². The summed E-state index contributed by atoms with van der Waals surface area (Å²) < 4.78 is 67.7. The number of rotatable bonds is 6. The van der Waals surface area contributed by atoms with E-state index in [-0.39, 0.29) is 13.0 Å². The number of alkyl halides is 5. The highest BCUT2D eigenvalue weighted by molar-refractivity contribution is 5.16. The van der Waals surface area contributed by atoms with Gasteiger partial charge >= 0.3 is 12.1 Å². The number of hydrogen-bond donors (Lipinski definition) is 0. The lowest BCUT2D eigenvalue weighted by atomic mass is 10.1. The first kappa shape index (κ1) is 16.5. The summed E-state index contributed by atoms with van der Waals surface area (Å²) in [6, 6.07) is 8.88. The summed E-state index contributed by atoms with van der Waals surface area (Å²) in [4.78, 5) is 0. The van der Waals surface area contributed by atoms with E-state index in [2.05, 4.69) is 4.74 Å². The van der Waals surface area contributed by atoms with Gasteiger partial charge < -0.3 is 4.74 Å². The third-order valence-electron chi connectivity index (χ3n) is 2.57. The topological polar surface area (TPSA) is 9.23 Å². The monoisotopic (exact) mass is 294 g/mol. The van der Waals surface area contributed by atoms with Gasteiger partial charge in [-0.15, -0.1) is 0 Å². The maximum absolute atomic E-state index is 13.2. The molecule has 0 saturated heterocycles. The van der Waals surface area contributed by atoms with Crippen LogP contribution in [0.3, 0.4) is 0 Å². The maximum atomic E-state index is 13.2. The molecule has 0 aliphatic carbocycles. The molecule has 1 aromatic carbocycles. The fourth-order valence-electron chi connectivity index (χ4n) is 1.59. The Morgan fingerprint density at radius 3 is 2.20 bits per heavy atom. The molecule has 6 heteroatoms. The van der Waals surface area contributed by atoms with Crippen molar-refractivity contribution in [1.82, 2.24) is 0 Å². The third-order valence-corrected chi connectivity index (χ3v) is 2.57. The van der Waals surface area contributed by atoms with E-state index in [1.165, 1.54) is 6.92 Å². The Labute approximate surface area is 114 Å². The van der Waals surface area contributed by atoms with E-state index in [1.807, 2.05) is 0 Å². The Morgan fingerprint density at radius 1 is 1.10 bits per heavy atom. The number of ether oxygens (including phenoxy) is 1. The van der Waals surface area contributed by atoms with Crippen LogP contribution in [-0.4, -0.2) is 18.7 Å². The zero-order valence-electron chi connectivity index (χ0n) is 10.9. The van der Waals surface area contributed by atoms with Gasteiger partial charge in [-0.2, -0.15) is 22.0 Å². The van der Waals surface area contributed by atoms with E-state index in [4.69, 9.17) is 0 Å². The van der Waals surface area contributed by atoms with Crippen LogP contribution in [0.2, 0.25) is 0 Å². The minimum absolute atomic E-state index is 0.0466. The number of halogens is 5. The molecule has 112 valence electrons. The lowest BCUT2D eigenvalue weighted by Crippen LogP contribution is -2.39. The number of benzene rings is 1. The molecule has 0 spiro atoms. The van der Waals surface area contributed by atoms with Crippen molar-refractivity contribution in [3.8, 4) is 0 Å². The first-order valence-electron chi connectivity index (χ1n) is 6.11. The second kappa shape index (κ2) is 6.72. The first-order valence-corrected chi connectivity index (χ1v) is 6.11. The van der Waals surface area contributed by atoms with Gasteiger partial charge in [0.15, 0.2) is 5.76 Å². The molecule has 0 unspecified atom stereocenters. The molecule has 20 heavy (non-hydrogen) atoms. The largest absolute Gasteiger partial charge is 0.492 e. The zero-order chi connectivity index (χ0) is 15.2. The molecule has 1 nitrogen and oxygen atoms in total. The lowest BCUT2D eigenvalue weighted by Gasteiger charge is -2.22. The predicted octanol–water partition coefficient (Wildman–Crippen LogP) is 4.74. The first-order chi connectivity index (χ1) is 9.29. The summed E-state index contributed by atoms with van der Waals surface area (Å²) in [5.74, 6) is -6.29. The summed E-state index contributed by atoms with van der Waals surface area (Å²) in [6.45, 7) is 1.11. The van der Waals surface area contributed by atoms with Crippen molar-refractivity contribution in [2.24, 2.45) is 0 Å². The minimum atomic E-state index is -5.65. The fourth-order valence-corrected chi connectivity index (χ4v) is 1.59. The highest BCUT2D eigenvalue weighted by atomic mass is 19.4. The molecular formula is C14H15F5O. The number of aryl methyl sites for hydroxylation is 1. The maximum Gasteiger partial charge on any atom is 0.461 e. The van der Waals surface area contributed by atoms with E-state index in [9.17, 15) is 22.0 Å². The average Bonchev–Trinajstić information content (AvgIpc) is 2.37. The molecule has 0 radical (unpaired) electrons. The van der Waals surface area contributed by atoms with Gasteiger partial charge in [0.2, 0.25) is 0 Å². The van der Waals surface area contributed by atoms with Gasteiger partial charge in [-0.05, 0) is 31.4 Å². The molecule has 0 aromatic heterocycles. The minimum Gasteiger partial charge on any atom is -0.492 e. The van der Waals surface area contributed by atoms with E-state index in [0.29, 0.717) is 6.42 Å². The molecule has 0 amide bonds. The molecule has 0 aliphatic rings. The Kier molecular flexibility index (Phi) is 5.53. The second-order valence-corrected chi connectivity index (χ2v) is 4.10. The van der Waals surface area contributed by atoms with Crippen LogP contribution in [0.4, 0.5) is 22.0 Å². The van der Waals surface area contributed by atoms with E-state index >= 15 is 0 Å².